The van der Waals surface area contributed by atoms with Crippen molar-refractivity contribution >= 4 is 45.5 Å². The summed E-state index contributed by atoms with van der Waals surface area (Å²) in [4.78, 5) is 0. The predicted octanol–water partition coefficient (Wildman–Crippen LogP) is -3.28. The molecule has 0 aliphatic carbocycles. The van der Waals surface area contributed by atoms with Gasteiger partial charge in [-0.1, -0.05) is 0 Å². The largest absolute Gasteiger partial charge is 4.00 e. The van der Waals surface area contributed by atoms with Crippen molar-refractivity contribution in [2.75, 3.05) is 0 Å². The molecule has 0 unspecified atom stereocenters. The maximum absolute atomic E-state index is 0. The SMILES string of the molecule is [H-].[H-].[H-].[Li+].[O-2].[O-2].[Sr+2].[Ti+4]. The van der Waals surface area contributed by atoms with E-state index < -0.39 is 0 Å². The van der Waals surface area contributed by atoms with E-state index in [9.17, 15) is 0 Å². The zero-order chi connectivity index (χ0) is 0. The minimum Gasteiger partial charge on any atom is -2.00 e. The maximum Gasteiger partial charge on any atom is 4.00 e. The summed E-state index contributed by atoms with van der Waals surface area (Å²) in [5.41, 5.74) is 0. The van der Waals surface area contributed by atoms with Crippen LogP contribution in [0.2, 0.25) is 0 Å². The fourth-order valence-electron chi connectivity index (χ4n) is 0. The van der Waals surface area contributed by atoms with E-state index in [-0.39, 0.29) is 101 Å². The molecule has 0 aromatic carbocycles. The average molecular weight is 177 g/mol. The van der Waals surface area contributed by atoms with Crippen LogP contribution in [0.3, 0.4) is 0 Å². The van der Waals surface area contributed by atoms with E-state index in [2.05, 4.69) is 0 Å². The second-order valence-corrected chi connectivity index (χ2v) is 0. The van der Waals surface area contributed by atoms with Crippen LogP contribution in [0.25, 0.3) is 0 Å². The second-order valence-electron chi connectivity index (χ2n) is 0. The first kappa shape index (κ1) is 47.2. The van der Waals surface area contributed by atoms with E-state index in [0.29, 0.717) is 0 Å². The van der Waals surface area contributed by atoms with Crippen molar-refractivity contribution in [2.45, 2.75) is 0 Å². The van der Waals surface area contributed by atoms with Crippen LogP contribution >= 0.6 is 0 Å². The van der Waals surface area contributed by atoms with Crippen LogP contribution in [0, 0.1) is 0 Å². The van der Waals surface area contributed by atoms with Gasteiger partial charge in [-0.2, -0.15) is 0 Å². The molecule has 0 fully saturated rings. The molecule has 0 saturated heterocycles. The van der Waals surface area contributed by atoms with Gasteiger partial charge in [-0.25, -0.2) is 0 Å². The molecule has 5 heteroatoms. The van der Waals surface area contributed by atoms with Crippen LogP contribution < -0.4 is 18.9 Å². The first-order valence-corrected chi connectivity index (χ1v) is 0. The number of rotatable bonds is 0. The van der Waals surface area contributed by atoms with Crippen molar-refractivity contribution in [1.82, 2.24) is 0 Å². The minimum atomic E-state index is 0. The topological polar surface area (TPSA) is 57.0 Å². The second kappa shape index (κ2) is 29.8. The molecular formula is H3LiO2SrTi. The quantitative estimate of drug-likeness (QED) is 0.349. The number of hydrogen-bond donors (Lipinski definition) is 0. The molecule has 0 spiro atoms. The van der Waals surface area contributed by atoms with Crippen molar-refractivity contribution in [2.24, 2.45) is 0 Å². The van der Waals surface area contributed by atoms with E-state index >= 15 is 0 Å². The summed E-state index contributed by atoms with van der Waals surface area (Å²) in [7, 11) is 0. The maximum atomic E-state index is 0. The molecule has 0 atom stereocenters. The molecule has 5 heavy (non-hydrogen) atoms. The summed E-state index contributed by atoms with van der Waals surface area (Å²) in [6.45, 7) is 0. The minimum absolute atomic E-state index is 0. The molecular weight excluding hydrogens is 174 g/mol. The Hall–Kier alpha value is 2.71. The van der Waals surface area contributed by atoms with Crippen LogP contribution in [0.5, 0.6) is 0 Å². The fraction of sp³-hybridized carbons (Fsp3) is 0. The van der Waals surface area contributed by atoms with Crippen LogP contribution in [0.1, 0.15) is 4.28 Å². The summed E-state index contributed by atoms with van der Waals surface area (Å²) in [6.07, 6.45) is 0. The fourth-order valence-corrected chi connectivity index (χ4v) is 0. The zero-order valence-corrected chi connectivity index (χ0v) is 8.06. The van der Waals surface area contributed by atoms with Gasteiger partial charge in [0.1, 0.15) is 0 Å². The Morgan fingerprint density at radius 1 is 1.00 bits per heavy atom. The van der Waals surface area contributed by atoms with Crippen LogP contribution in [0.4, 0.5) is 0 Å². The molecule has 0 aromatic rings. The van der Waals surface area contributed by atoms with Crippen molar-refractivity contribution in [3.05, 3.63) is 0 Å². The normalized spacial score (nSPS) is 0. The monoisotopic (exact) mass is 178 g/mol. The van der Waals surface area contributed by atoms with E-state index in [1.165, 1.54) is 0 Å². The molecule has 0 heterocycles. The van der Waals surface area contributed by atoms with Gasteiger partial charge < -0.3 is 15.2 Å². The molecule has 0 saturated carbocycles. The van der Waals surface area contributed by atoms with Crippen molar-refractivity contribution in [3.63, 3.8) is 0 Å². The van der Waals surface area contributed by atoms with Crippen LogP contribution in [-0.4, -0.2) is 45.5 Å². The Balaban J connectivity index is 0. The Labute approximate surface area is 99.5 Å². The van der Waals surface area contributed by atoms with Crippen molar-refractivity contribution < 1.29 is 55.8 Å². The van der Waals surface area contributed by atoms with Gasteiger partial charge in [-0.15, -0.1) is 0 Å². The first-order chi connectivity index (χ1) is 0. The van der Waals surface area contributed by atoms with Crippen molar-refractivity contribution in [1.29, 1.82) is 0 Å². The summed E-state index contributed by atoms with van der Waals surface area (Å²) >= 11 is 0. The standard InChI is InChI=1S/Li.2O.Sr.Ti.3H/q+1;2*-2;+2;+4;3*-1. The van der Waals surface area contributed by atoms with E-state index in [4.69, 9.17) is 0 Å². The van der Waals surface area contributed by atoms with Gasteiger partial charge in [0.2, 0.25) is 0 Å². The van der Waals surface area contributed by atoms with E-state index in [1.807, 2.05) is 0 Å². The molecule has 0 N–H and O–H groups in total. The van der Waals surface area contributed by atoms with Crippen molar-refractivity contribution in [3.8, 4) is 0 Å². The molecule has 0 aliphatic heterocycles. The number of hydrogen-bond acceptors (Lipinski definition) is 0. The smallest absolute Gasteiger partial charge is 2.00 e. The van der Waals surface area contributed by atoms with Gasteiger partial charge in [0.15, 0.2) is 0 Å². The van der Waals surface area contributed by atoms with E-state index in [0.717, 1.165) is 0 Å². The molecule has 0 aliphatic rings. The Kier molecular flexibility index (Phi) is 281. The first-order valence-electron chi connectivity index (χ1n) is 0. The molecule has 0 radical (unpaired) electrons. The van der Waals surface area contributed by atoms with Gasteiger partial charge >= 0.3 is 86.1 Å². The van der Waals surface area contributed by atoms with Gasteiger partial charge in [0, 0.05) is 0 Å². The predicted molar refractivity (Wildman–Crippen MR) is 10.5 cm³/mol. The molecule has 0 aromatic heterocycles. The summed E-state index contributed by atoms with van der Waals surface area (Å²) < 4.78 is 0. The van der Waals surface area contributed by atoms with Gasteiger partial charge in [0.05, 0.1) is 0 Å². The third kappa shape index (κ3) is 20.3. The van der Waals surface area contributed by atoms with Gasteiger partial charge in [0.25, 0.3) is 0 Å². The summed E-state index contributed by atoms with van der Waals surface area (Å²) in [6, 6.07) is 0. The Morgan fingerprint density at radius 2 is 1.00 bits per heavy atom. The molecule has 0 bridgehead atoms. The average Bonchev–Trinajstić information content (AvgIpc) is 0. The van der Waals surface area contributed by atoms with Crippen LogP contribution in [-0.2, 0) is 32.7 Å². The van der Waals surface area contributed by atoms with Gasteiger partial charge in [-0.3, -0.25) is 0 Å². The van der Waals surface area contributed by atoms with Crippen LogP contribution in [0.15, 0.2) is 0 Å². The summed E-state index contributed by atoms with van der Waals surface area (Å²) in [5, 5.41) is 0. The Bertz CT molecular complexity index is 17.2. The third-order valence-electron chi connectivity index (χ3n) is 0. The zero-order valence-electron chi connectivity index (χ0n) is 6.02. The van der Waals surface area contributed by atoms with Gasteiger partial charge in [-0.05, 0) is 0 Å². The molecule has 2 nitrogen and oxygen atoms in total. The molecule has 22 valence electrons. The molecule has 0 amide bonds. The third-order valence-corrected chi connectivity index (χ3v) is 0. The summed E-state index contributed by atoms with van der Waals surface area (Å²) in [5.74, 6) is 0. The Morgan fingerprint density at radius 3 is 1.00 bits per heavy atom. The van der Waals surface area contributed by atoms with E-state index in [1.54, 1.807) is 0 Å². The molecule has 0 rings (SSSR count).